The maximum Gasteiger partial charge on any atom is 0.158 e. The molecule has 0 spiro atoms. The number of hydrogen-bond donors (Lipinski definition) is 0. The monoisotopic (exact) mass is 244 g/mol. The van der Waals surface area contributed by atoms with Gasteiger partial charge in [0.1, 0.15) is 11.7 Å². The molecule has 0 aromatic heterocycles. The third-order valence-corrected chi connectivity index (χ3v) is 3.59. The number of ether oxygens (including phenoxy) is 2. The third kappa shape index (κ3) is 1.80. The van der Waals surface area contributed by atoms with Crippen LogP contribution < -0.4 is 0 Å². The van der Waals surface area contributed by atoms with E-state index in [1.807, 2.05) is 18.2 Å². The zero-order valence-corrected chi connectivity index (χ0v) is 10.4. The number of carbonyl (C=O) groups is 1. The van der Waals surface area contributed by atoms with E-state index >= 15 is 0 Å². The maximum absolute atomic E-state index is 11.5. The maximum atomic E-state index is 11.5. The van der Waals surface area contributed by atoms with Gasteiger partial charge >= 0.3 is 0 Å². The molecule has 0 bridgehead atoms. The van der Waals surface area contributed by atoms with Gasteiger partial charge in [0.25, 0.3) is 0 Å². The van der Waals surface area contributed by atoms with Gasteiger partial charge in [0.2, 0.25) is 0 Å². The summed E-state index contributed by atoms with van der Waals surface area (Å²) in [5.74, 6) is 0.105. The fraction of sp³-hybridized carbons (Fsp3) is 0.400. The highest BCUT2D eigenvalue weighted by atomic mass is 16.6. The lowest BCUT2D eigenvalue weighted by Gasteiger charge is -2.43. The molecule has 1 aliphatic carbocycles. The van der Waals surface area contributed by atoms with E-state index < -0.39 is 5.60 Å². The minimum atomic E-state index is -0.585. The Hall–Kier alpha value is -1.45. The Kier molecular flexibility index (Phi) is 2.80. The van der Waals surface area contributed by atoms with Gasteiger partial charge in [0.05, 0.1) is 13.2 Å². The van der Waals surface area contributed by atoms with Crippen LogP contribution in [-0.4, -0.2) is 25.1 Å². The van der Waals surface area contributed by atoms with Crippen LogP contribution in [0, 0.1) is 6.92 Å². The van der Waals surface area contributed by atoms with Crippen molar-refractivity contribution in [1.82, 2.24) is 0 Å². The first-order valence-electron chi connectivity index (χ1n) is 6.25. The highest BCUT2D eigenvalue weighted by Gasteiger charge is 2.45. The molecular weight excluding hydrogens is 228 g/mol. The lowest BCUT2D eigenvalue weighted by Crippen LogP contribution is -2.50. The molecule has 2 atom stereocenters. The number of benzene rings is 1. The molecule has 0 N–H and O–H groups in total. The predicted octanol–water partition coefficient (Wildman–Crippen LogP) is 2.13. The summed E-state index contributed by atoms with van der Waals surface area (Å²) >= 11 is 0. The van der Waals surface area contributed by atoms with Crippen molar-refractivity contribution in [1.29, 1.82) is 0 Å². The second-order valence-corrected chi connectivity index (χ2v) is 4.87. The zero-order valence-electron chi connectivity index (χ0n) is 10.4. The molecule has 1 fully saturated rings. The van der Waals surface area contributed by atoms with Gasteiger partial charge in [-0.2, -0.15) is 0 Å². The van der Waals surface area contributed by atoms with Crippen molar-refractivity contribution in [3.8, 4) is 0 Å². The van der Waals surface area contributed by atoms with Crippen LogP contribution in [0.5, 0.6) is 0 Å². The fourth-order valence-corrected chi connectivity index (χ4v) is 2.70. The lowest BCUT2D eigenvalue weighted by atomic mass is 9.80. The van der Waals surface area contributed by atoms with Gasteiger partial charge in [0.15, 0.2) is 5.78 Å². The Morgan fingerprint density at radius 2 is 2.22 bits per heavy atom. The summed E-state index contributed by atoms with van der Waals surface area (Å²) in [6.07, 6.45) is 3.67. The number of ketones is 1. The van der Waals surface area contributed by atoms with E-state index in [1.165, 1.54) is 5.56 Å². The van der Waals surface area contributed by atoms with Crippen LogP contribution in [0.25, 0.3) is 0 Å². The second kappa shape index (κ2) is 4.34. The Bertz CT molecular complexity index is 506. The van der Waals surface area contributed by atoms with E-state index in [-0.39, 0.29) is 11.9 Å². The van der Waals surface area contributed by atoms with Gasteiger partial charge in [0, 0.05) is 6.42 Å². The molecule has 94 valence electrons. The van der Waals surface area contributed by atoms with Crippen molar-refractivity contribution in [2.24, 2.45) is 0 Å². The van der Waals surface area contributed by atoms with Gasteiger partial charge in [-0.3, -0.25) is 4.79 Å². The number of hydrogen-bond acceptors (Lipinski definition) is 3. The van der Waals surface area contributed by atoms with Gasteiger partial charge in [-0.05, 0) is 24.6 Å². The molecule has 1 heterocycles. The van der Waals surface area contributed by atoms with Crippen molar-refractivity contribution in [3.05, 3.63) is 47.5 Å². The van der Waals surface area contributed by atoms with Gasteiger partial charge in [-0.1, -0.05) is 29.8 Å². The largest absolute Gasteiger partial charge is 0.372 e. The summed E-state index contributed by atoms with van der Waals surface area (Å²) < 4.78 is 11.7. The Balaban J connectivity index is 2.09. The average Bonchev–Trinajstić information content (AvgIpc) is 2.38. The number of carbonyl (C=O) groups excluding carboxylic acids is 1. The predicted molar refractivity (Wildman–Crippen MR) is 67.3 cm³/mol. The van der Waals surface area contributed by atoms with E-state index in [9.17, 15) is 4.79 Å². The quantitative estimate of drug-likeness (QED) is 0.759. The summed E-state index contributed by atoms with van der Waals surface area (Å²) in [7, 11) is 0. The molecule has 1 aromatic rings. The smallest absolute Gasteiger partial charge is 0.158 e. The minimum Gasteiger partial charge on any atom is -0.372 e. The Morgan fingerprint density at radius 3 is 3.06 bits per heavy atom. The van der Waals surface area contributed by atoms with Gasteiger partial charge in [-0.25, -0.2) is 0 Å². The van der Waals surface area contributed by atoms with Crippen LogP contribution in [0.1, 0.15) is 17.5 Å². The van der Waals surface area contributed by atoms with Gasteiger partial charge < -0.3 is 9.47 Å². The van der Waals surface area contributed by atoms with Crippen molar-refractivity contribution < 1.29 is 14.3 Å². The molecule has 0 amide bonds. The molecule has 1 aliphatic heterocycles. The van der Waals surface area contributed by atoms with Crippen LogP contribution >= 0.6 is 0 Å². The van der Waals surface area contributed by atoms with E-state index in [0.717, 1.165) is 5.56 Å². The number of fused-ring (bicyclic) bond motifs is 1. The molecule has 0 radical (unpaired) electrons. The standard InChI is InChI=1S/C15H16O3/c1-11-3-2-4-12(9-11)15-6-5-13(16)10-14(15)17-7-8-18-15/h2-6,9,14H,7-8,10H2,1H3/t14-,15-/m0/s1. The summed E-state index contributed by atoms with van der Waals surface area (Å²) in [5.41, 5.74) is 1.66. The third-order valence-electron chi connectivity index (χ3n) is 3.59. The Labute approximate surface area is 106 Å². The van der Waals surface area contributed by atoms with E-state index in [4.69, 9.17) is 9.47 Å². The van der Waals surface area contributed by atoms with Crippen molar-refractivity contribution in [3.63, 3.8) is 0 Å². The highest BCUT2D eigenvalue weighted by Crippen LogP contribution is 2.39. The van der Waals surface area contributed by atoms with Gasteiger partial charge in [-0.15, -0.1) is 0 Å². The second-order valence-electron chi connectivity index (χ2n) is 4.87. The number of aryl methyl sites for hydroxylation is 1. The summed E-state index contributed by atoms with van der Waals surface area (Å²) in [5, 5.41) is 0. The molecule has 1 saturated heterocycles. The molecule has 3 heteroatoms. The van der Waals surface area contributed by atoms with Crippen LogP contribution in [0.4, 0.5) is 0 Å². The summed E-state index contributed by atoms with van der Waals surface area (Å²) in [6.45, 7) is 3.17. The minimum absolute atomic E-state index is 0.105. The number of rotatable bonds is 1. The van der Waals surface area contributed by atoms with E-state index in [2.05, 4.69) is 19.1 Å². The molecule has 0 saturated carbocycles. The van der Waals surface area contributed by atoms with Crippen LogP contribution in [-0.2, 0) is 19.9 Å². The van der Waals surface area contributed by atoms with E-state index in [1.54, 1.807) is 6.08 Å². The molecule has 18 heavy (non-hydrogen) atoms. The SMILES string of the molecule is Cc1cccc([C@@]23C=CC(=O)C[C@@H]2OCCO3)c1. The van der Waals surface area contributed by atoms with Crippen molar-refractivity contribution in [2.75, 3.05) is 13.2 Å². The highest BCUT2D eigenvalue weighted by molar-refractivity contribution is 5.91. The molecular formula is C15H16O3. The summed E-state index contributed by atoms with van der Waals surface area (Å²) in [4.78, 5) is 11.5. The topological polar surface area (TPSA) is 35.5 Å². The molecule has 3 nitrogen and oxygen atoms in total. The average molecular weight is 244 g/mol. The molecule has 0 unspecified atom stereocenters. The summed E-state index contributed by atoms with van der Waals surface area (Å²) in [6, 6.07) is 8.20. The Morgan fingerprint density at radius 1 is 1.33 bits per heavy atom. The molecule has 2 aliphatic rings. The number of allylic oxidation sites excluding steroid dienone is 1. The first-order chi connectivity index (χ1) is 8.71. The lowest BCUT2D eigenvalue weighted by molar-refractivity contribution is -0.190. The van der Waals surface area contributed by atoms with Crippen LogP contribution in [0.15, 0.2) is 36.4 Å². The normalized spacial score (nSPS) is 31.2. The zero-order chi connectivity index (χ0) is 12.6. The van der Waals surface area contributed by atoms with Crippen LogP contribution in [0.2, 0.25) is 0 Å². The van der Waals surface area contributed by atoms with Crippen molar-refractivity contribution in [2.45, 2.75) is 25.0 Å². The van der Waals surface area contributed by atoms with Crippen LogP contribution in [0.3, 0.4) is 0 Å². The van der Waals surface area contributed by atoms with Crippen molar-refractivity contribution >= 4 is 5.78 Å². The van der Waals surface area contributed by atoms with E-state index in [0.29, 0.717) is 19.6 Å². The first-order valence-corrected chi connectivity index (χ1v) is 6.25. The fourth-order valence-electron chi connectivity index (χ4n) is 2.70. The first kappa shape index (κ1) is 11.6. The molecule has 1 aromatic carbocycles. The molecule has 3 rings (SSSR count).